The third-order valence-electron chi connectivity index (χ3n) is 5.31. The first-order valence-corrected chi connectivity index (χ1v) is 12.3. The molecule has 0 aliphatic carbocycles. The maximum Gasteiger partial charge on any atom is 0.359 e. The Kier molecular flexibility index (Phi) is 6.77. The predicted molar refractivity (Wildman–Crippen MR) is 142 cm³/mol. The third-order valence-corrected chi connectivity index (χ3v) is 6.86. The van der Waals surface area contributed by atoms with Crippen molar-refractivity contribution in [2.24, 2.45) is 0 Å². The van der Waals surface area contributed by atoms with Crippen LogP contribution < -0.4 is 22.0 Å². The van der Waals surface area contributed by atoms with Crippen LogP contribution in [0.5, 0.6) is 0 Å². The van der Waals surface area contributed by atoms with Crippen LogP contribution in [0.4, 0.5) is 21.2 Å². The van der Waals surface area contributed by atoms with Gasteiger partial charge in [-0.3, -0.25) is 14.5 Å². The number of nitrogens with zero attached hydrogens (tertiary/aromatic N) is 7. The lowest BCUT2D eigenvalue weighted by Gasteiger charge is -2.16. The molecule has 1 aromatic carbocycles. The highest BCUT2D eigenvalue weighted by molar-refractivity contribution is 7.22. The van der Waals surface area contributed by atoms with Crippen LogP contribution in [-0.4, -0.2) is 36.1 Å². The Morgan fingerprint density at radius 1 is 1.13 bits per heavy atom. The molecule has 11 nitrogen and oxygen atoms in total. The molecule has 2 N–H and O–H groups in total. The van der Waals surface area contributed by atoms with Crippen molar-refractivity contribution in [3.8, 4) is 11.8 Å². The van der Waals surface area contributed by atoms with Crippen LogP contribution in [0, 0.1) is 17.1 Å². The van der Waals surface area contributed by atoms with E-state index in [1.54, 1.807) is 25.2 Å². The van der Waals surface area contributed by atoms with E-state index in [0.717, 1.165) is 20.0 Å². The summed E-state index contributed by atoms with van der Waals surface area (Å²) in [6, 6.07) is 7.67. The van der Waals surface area contributed by atoms with E-state index in [2.05, 4.69) is 30.6 Å². The number of thiazole rings is 1. The summed E-state index contributed by atoms with van der Waals surface area (Å²) in [5.74, 6) is -0.962. The van der Waals surface area contributed by atoms with Gasteiger partial charge in [0.05, 0.1) is 61.8 Å². The number of rotatable bonds is 6. The molecule has 0 spiro atoms. The van der Waals surface area contributed by atoms with Crippen LogP contribution in [0.15, 0.2) is 52.4 Å². The molecular formula is C23H14Cl2FN9O2S. The highest BCUT2D eigenvalue weighted by Gasteiger charge is 2.18. The van der Waals surface area contributed by atoms with Crippen molar-refractivity contribution in [2.45, 2.75) is 6.54 Å². The first-order chi connectivity index (χ1) is 18.3. The minimum atomic E-state index is -0.907. The number of halogens is 3. The Bertz CT molecular complexity index is 1880. The zero-order valence-corrected chi connectivity index (χ0v) is 21.6. The van der Waals surface area contributed by atoms with E-state index >= 15 is 0 Å². The zero-order valence-electron chi connectivity index (χ0n) is 19.2. The van der Waals surface area contributed by atoms with E-state index in [1.165, 1.54) is 35.9 Å². The van der Waals surface area contributed by atoms with Gasteiger partial charge >= 0.3 is 11.4 Å². The normalized spacial score (nSPS) is 10.9. The molecule has 5 aromatic rings. The maximum atomic E-state index is 13.9. The van der Waals surface area contributed by atoms with Gasteiger partial charge in [-0.2, -0.15) is 10.2 Å². The van der Waals surface area contributed by atoms with Crippen molar-refractivity contribution in [1.29, 1.82) is 5.26 Å². The van der Waals surface area contributed by atoms with Gasteiger partial charge in [0.1, 0.15) is 6.07 Å². The summed E-state index contributed by atoms with van der Waals surface area (Å²) < 4.78 is 16.5. The Morgan fingerprint density at radius 3 is 2.68 bits per heavy atom. The van der Waals surface area contributed by atoms with E-state index in [9.17, 15) is 19.2 Å². The Labute approximate surface area is 226 Å². The molecule has 4 aromatic heterocycles. The van der Waals surface area contributed by atoms with Gasteiger partial charge in [-0.1, -0.05) is 34.5 Å². The Hall–Kier alpha value is -4.38. The van der Waals surface area contributed by atoms with E-state index in [1.807, 2.05) is 0 Å². The van der Waals surface area contributed by atoms with Crippen molar-refractivity contribution in [3.63, 3.8) is 0 Å². The fraction of sp³-hybridized carbons (Fsp3) is 0.0870. The fourth-order valence-electron chi connectivity index (χ4n) is 3.56. The first kappa shape index (κ1) is 25.3. The number of nitrogens with one attached hydrogen (secondary N) is 2. The smallest absolute Gasteiger partial charge is 0.359 e. The van der Waals surface area contributed by atoms with Gasteiger partial charge in [0.25, 0.3) is 0 Å². The number of fused-ring (bicyclic) bond motifs is 1. The standard InChI is InChI=1S/C23H14Cl2FN9O2S/c1-28-21-32-18-4-15(25)17(5-19(18)38-21)31-20-33-22(36)35(14-3-12(24)7-29-8-14)23(37)34(20)10-13-2-11(6-27)16(26)9-30-13/h2-5,7-9H,10H2,1H3,(H,28,32)(H,31,33,36). The van der Waals surface area contributed by atoms with Crippen molar-refractivity contribution in [2.75, 3.05) is 17.7 Å². The summed E-state index contributed by atoms with van der Waals surface area (Å²) in [6.45, 7) is -0.262. The van der Waals surface area contributed by atoms with E-state index in [0.29, 0.717) is 16.3 Å². The Balaban J connectivity index is 1.68. The molecule has 15 heteroatoms. The minimum absolute atomic E-state index is 0.0915. The second-order valence-corrected chi connectivity index (χ2v) is 9.62. The highest BCUT2D eigenvalue weighted by atomic mass is 35.5. The second kappa shape index (κ2) is 10.2. The average molecular weight is 570 g/mol. The zero-order chi connectivity index (χ0) is 27.0. The summed E-state index contributed by atoms with van der Waals surface area (Å²) in [5, 5.41) is 16.3. The molecule has 0 saturated carbocycles. The first-order valence-electron chi connectivity index (χ1n) is 10.7. The summed E-state index contributed by atoms with van der Waals surface area (Å²) in [4.78, 5) is 43.0. The van der Waals surface area contributed by atoms with Crippen LogP contribution in [0.25, 0.3) is 15.9 Å². The molecule has 0 amide bonds. The molecule has 0 atom stereocenters. The molecule has 0 aliphatic rings. The van der Waals surface area contributed by atoms with Crippen LogP contribution in [-0.2, 0) is 6.54 Å². The number of anilines is 3. The molecule has 4 heterocycles. The van der Waals surface area contributed by atoms with Crippen LogP contribution >= 0.6 is 34.5 Å². The van der Waals surface area contributed by atoms with Gasteiger partial charge in [-0.15, -0.1) is 0 Å². The molecule has 0 bridgehead atoms. The van der Waals surface area contributed by atoms with Crippen molar-refractivity contribution in [3.05, 3.63) is 90.9 Å². The lowest BCUT2D eigenvalue weighted by Crippen LogP contribution is -2.42. The summed E-state index contributed by atoms with van der Waals surface area (Å²) in [5.41, 5.74) is -0.692. The van der Waals surface area contributed by atoms with Crippen molar-refractivity contribution in [1.82, 2.24) is 29.1 Å². The summed E-state index contributed by atoms with van der Waals surface area (Å²) in [6.07, 6.45) is 3.51. The largest absolute Gasteiger partial charge is 0.365 e. The quantitative estimate of drug-likeness (QED) is 0.310. The molecule has 38 heavy (non-hydrogen) atoms. The van der Waals surface area contributed by atoms with Crippen LogP contribution in [0.2, 0.25) is 10.0 Å². The molecule has 0 radical (unpaired) electrons. The van der Waals surface area contributed by atoms with Crippen molar-refractivity contribution >= 4 is 61.5 Å². The molecular weight excluding hydrogens is 556 g/mol. The van der Waals surface area contributed by atoms with Gasteiger partial charge in [-0.05, 0) is 24.3 Å². The number of nitriles is 1. The van der Waals surface area contributed by atoms with Gasteiger partial charge in [-0.25, -0.2) is 23.5 Å². The van der Waals surface area contributed by atoms with Gasteiger partial charge in [0.15, 0.2) is 10.9 Å². The lowest BCUT2D eigenvalue weighted by molar-refractivity contribution is 0.608. The van der Waals surface area contributed by atoms with Crippen LogP contribution in [0.3, 0.4) is 0 Å². The summed E-state index contributed by atoms with van der Waals surface area (Å²) >= 11 is 13.9. The lowest BCUT2D eigenvalue weighted by atomic mass is 10.2. The number of aromatic nitrogens is 6. The molecule has 190 valence electrons. The van der Waals surface area contributed by atoms with Gasteiger partial charge in [0, 0.05) is 13.2 Å². The molecule has 0 unspecified atom stereocenters. The number of benzene rings is 1. The molecule has 0 aliphatic heterocycles. The Morgan fingerprint density at radius 2 is 1.95 bits per heavy atom. The highest BCUT2D eigenvalue weighted by Crippen LogP contribution is 2.34. The summed E-state index contributed by atoms with van der Waals surface area (Å²) in [7, 11) is 1.74. The van der Waals surface area contributed by atoms with Crippen molar-refractivity contribution < 1.29 is 4.39 Å². The second-order valence-electron chi connectivity index (χ2n) is 7.74. The fourth-order valence-corrected chi connectivity index (χ4v) is 4.78. The van der Waals surface area contributed by atoms with E-state index in [4.69, 9.17) is 23.2 Å². The number of hydrogen-bond acceptors (Lipinski definition) is 10. The molecule has 0 fully saturated rings. The number of hydrogen-bond donors (Lipinski definition) is 2. The van der Waals surface area contributed by atoms with E-state index in [-0.39, 0.29) is 39.5 Å². The molecule has 5 rings (SSSR count). The topological polar surface area (TPSA) is 143 Å². The SMILES string of the molecule is CNc1nc2cc(Cl)c(Nc3nc(=O)n(-c4cncc(Cl)c4)c(=O)n3Cc3cc(C#N)c(F)cn3)cc2s1. The van der Waals surface area contributed by atoms with Crippen LogP contribution in [0.1, 0.15) is 11.3 Å². The maximum absolute atomic E-state index is 13.9. The average Bonchev–Trinajstić information content (AvgIpc) is 3.29. The predicted octanol–water partition coefficient (Wildman–Crippen LogP) is 3.95. The molecule has 0 saturated heterocycles. The minimum Gasteiger partial charge on any atom is -0.365 e. The van der Waals surface area contributed by atoms with Gasteiger partial charge in [0.2, 0.25) is 5.95 Å². The van der Waals surface area contributed by atoms with E-state index < -0.39 is 17.2 Å². The number of pyridine rings is 2. The monoisotopic (exact) mass is 569 g/mol. The van der Waals surface area contributed by atoms with Gasteiger partial charge < -0.3 is 10.6 Å². The third kappa shape index (κ3) is 4.80.